The molecule has 192 valence electrons. The van der Waals surface area contributed by atoms with E-state index in [9.17, 15) is 18.0 Å². The van der Waals surface area contributed by atoms with Gasteiger partial charge in [0, 0.05) is 41.7 Å². The number of hydrogen-bond donors (Lipinski definition) is 1. The largest absolute Gasteiger partial charge is 0.355 e. The number of hydrogen-bond acceptors (Lipinski definition) is 4. The molecule has 0 saturated heterocycles. The predicted octanol–water partition coefficient (Wildman–Crippen LogP) is 4.71. The lowest BCUT2D eigenvalue weighted by atomic mass is 10.1. The maximum atomic E-state index is 13.3. The highest BCUT2D eigenvalue weighted by Crippen LogP contribution is 2.28. The zero-order valence-corrected chi connectivity index (χ0v) is 23.1. The number of halogens is 2. The molecule has 2 aromatic carbocycles. The van der Waals surface area contributed by atoms with Gasteiger partial charge >= 0.3 is 0 Å². The quantitative estimate of drug-likeness (QED) is 0.446. The first kappa shape index (κ1) is 28.9. The minimum absolute atomic E-state index is 0.0443. The van der Waals surface area contributed by atoms with Crippen LogP contribution >= 0.6 is 23.2 Å². The van der Waals surface area contributed by atoms with Crippen LogP contribution in [0.5, 0.6) is 0 Å². The molecule has 2 aromatic rings. The van der Waals surface area contributed by atoms with Crippen molar-refractivity contribution in [2.24, 2.45) is 0 Å². The Morgan fingerprint density at radius 1 is 1.09 bits per heavy atom. The van der Waals surface area contributed by atoms with Crippen molar-refractivity contribution in [2.45, 2.75) is 53.1 Å². The first-order chi connectivity index (χ1) is 16.4. The van der Waals surface area contributed by atoms with Gasteiger partial charge in [-0.1, -0.05) is 41.4 Å². The fourth-order valence-corrected chi connectivity index (χ4v) is 5.26. The van der Waals surface area contributed by atoms with Crippen molar-refractivity contribution in [3.05, 3.63) is 63.1 Å². The standard InChI is InChI=1S/C25H33Cl2N3O4S/c1-6-28-25(32)19(4)29(16-20-21(26)9-7-10-22(20)27)24(31)11-8-14-30(35(5,33)34)23-15-17(2)12-13-18(23)3/h7,9-10,12-13,15,19H,6,8,11,14,16H2,1-5H3,(H,28,32)/t19-/m1/s1. The van der Waals surface area contributed by atoms with Crippen LogP contribution < -0.4 is 9.62 Å². The fourth-order valence-electron chi connectivity index (χ4n) is 3.73. The summed E-state index contributed by atoms with van der Waals surface area (Å²) in [6.07, 6.45) is 1.47. The number of carbonyl (C=O) groups excluding carboxylic acids is 2. The maximum absolute atomic E-state index is 13.3. The molecule has 0 aliphatic rings. The van der Waals surface area contributed by atoms with Gasteiger partial charge in [-0.2, -0.15) is 0 Å². The van der Waals surface area contributed by atoms with Gasteiger partial charge in [-0.05, 0) is 63.4 Å². The molecule has 0 aromatic heterocycles. The summed E-state index contributed by atoms with van der Waals surface area (Å²) in [4.78, 5) is 27.3. The highest BCUT2D eigenvalue weighted by atomic mass is 35.5. The molecule has 0 radical (unpaired) electrons. The summed E-state index contributed by atoms with van der Waals surface area (Å²) in [6.45, 7) is 7.81. The van der Waals surface area contributed by atoms with Gasteiger partial charge in [-0.25, -0.2) is 8.42 Å². The van der Waals surface area contributed by atoms with Gasteiger partial charge in [0.05, 0.1) is 11.9 Å². The Balaban J connectivity index is 2.24. The van der Waals surface area contributed by atoms with Crippen molar-refractivity contribution in [2.75, 3.05) is 23.7 Å². The number of carbonyl (C=O) groups is 2. The third-order valence-electron chi connectivity index (χ3n) is 5.69. The molecule has 0 spiro atoms. The number of nitrogens with one attached hydrogen (secondary N) is 1. The Morgan fingerprint density at radius 2 is 1.71 bits per heavy atom. The van der Waals surface area contributed by atoms with E-state index in [-0.39, 0.29) is 37.7 Å². The number of benzene rings is 2. The Hall–Kier alpha value is -2.29. The maximum Gasteiger partial charge on any atom is 0.242 e. The summed E-state index contributed by atoms with van der Waals surface area (Å²) in [6, 6.07) is 9.91. The predicted molar refractivity (Wildman–Crippen MR) is 142 cm³/mol. The normalized spacial score (nSPS) is 12.2. The fraction of sp³-hybridized carbons (Fsp3) is 0.440. The van der Waals surface area contributed by atoms with Crippen LogP contribution in [-0.4, -0.2) is 50.5 Å². The topological polar surface area (TPSA) is 86.8 Å². The molecule has 2 amide bonds. The Bertz CT molecular complexity index is 1150. The van der Waals surface area contributed by atoms with E-state index in [4.69, 9.17) is 23.2 Å². The van der Waals surface area contributed by atoms with Gasteiger partial charge < -0.3 is 10.2 Å². The molecule has 7 nitrogen and oxygen atoms in total. The van der Waals surface area contributed by atoms with Crippen molar-refractivity contribution in [3.63, 3.8) is 0 Å². The minimum Gasteiger partial charge on any atom is -0.355 e. The molecule has 0 saturated carbocycles. The SMILES string of the molecule is CCNC(=O)[C@@H](C)N(Cc1c(Cl)cccc1Cl)C(=O)CCCN(c1cc(C)ccc1C)S(C)(=O)=O. The second-order valence-electron chi connectivity index (χ2n) is 8.52. The summed E-state index contributed by atoms with van der Waals surface area (Å²) in [5.74, 6) is -0.591. The highest BCUT2D eigenvalue weighted by molar-refractivity contribution is 7.92. The van der Waals surface area contributed by atoms with Crippen molar-refractivity contribution in [3.8, 4) is 0 Å². The van der Waals surface area contributed by atoms with Crippen molar-refractivity contribution < 1.29 is 18.0 Å². The van der Waals surface area contributed by atoms with Crippen LogP contribution in [0.2, 0.25) is 10.0 Å². The number of likely N-dealkylation sites (N-methyl/N-ethyl adjacent to an activating group) is 1. The van der Waals surface area contributed by atoms with Crippen LogP contribution in [-0.2, 0) is 26.2 Å². The first-order valence-electron chi connectivity index (χ1n) is 11.4. The van der Waals surface area contributed by atoms with Crippen molar-refractivity contribution >= 4 is 50.7 Å². The summed E-state index contributed by atoms with van der Waals surface area (Å²) in [5.41, 5.74) is 2.91. The van der Waals surface area contributed by atoms with Crippen LogP contribution in [0.25, 0.3) is 0 Å². The molecule has 0 heterocycles. The zero-order chi connectivity index (χ0) is 26.3. The molecule has 1 atom stereocenters. The molecule has 0 aliphatic carbocycles. The molecular weight excluding hydrogens is 509 g/mol. The molecule has 0 fully saturated rings. The molecule has 0 aliphatic heterocycles. The molecule has 0 unspecified atom stereocenters. The minimum atomic E-state index is -3.56. The van der Waals surface area contributed by atoms with Gasteiger partial charge in [0.1, 0.15) is 6.04 Å². The average Bonchev–Trinajstić information content (AvgIpc) is 2.77. The lowest BCUT2D eigenvalue weighted by Crippen LogP contribution is -2.47. The van der Waals surface area contributed by atoms with Crippen LogP contribution in [0.4, 0.5) is 5.69 Å². The second kappa shape index (κ2) is 12.6. The number of rotatable bonds is 11. The average molecular weight is 543 g/mol. The number of nitrogens with zero attached hydrogens (tertiary/aromatic N) is 2. The van der Waals surface area contributed by atoms with Gasteiger partial charge in [-0.3, -0.25) is 13.9 Å². The third kappa shape index (κ3) is 7.85. The van der Waals surface area contributed by atoms with Gasteiger partial charge in [-0.15, -0.1) is 0 Å². The highest BCUT2D eigenvalue weighted by Gasteiger charge is 2.27. The van der Waals surface area contributed by atoms with Gasteiger partial charge in [0.25, 0.3) is 0 Å². The van der Waals surface area contributed by atoms with E-state index in [0.717, 1.165) is 17.4 Å². The number of amides is 2. The van der Waals surface area contributed by atoms with E-state index < -0.39 is 16.1 Å². The number of sulfonamides is 1. The third-order valence-corrected chi connectivity index (χ3v) is 7.58. The summed E-state index contributed by atoms with van der Waals surface area (Å²) >= 11 is 12.6. The van der Waals surface area contributed by atoms with Gasteiger partial charge in [0.15, 0.2) is 0 Å². The van der Waals surface area contributed by atoms with Crippen LogP contribution in [0.15, 0.2) is 36.4 Å². The van der Waals surface area contributed by atoms with E-state index in [1.165, 1.54) is 9.21 Å². The van der Waals surface area contributed by atoms with E-state index in [0.29, 0.717) is 27.8 Å². The Kier molecular flexibility index (Phi) is 10.4. The first-order valence-corrected chi connectivity index (χ1v) is 14.0. The van der Waals surface area contributed by atoms with Crippen LogP contribution in [0.1, 0.15) is 43.4 Å². The summed E-state index contributed by atoms with van der Waals surface area (Å²) < 4.78 is 26.4. The van der Waals surface area contributed by atoms with Gasteiger partial charge in [0.2, 0.25) is 21.8 Å². The number of anilines is 1. The molecule has 35 heavy (non-hydrogen) atoms. The Labute approximate surface area is 218 Å². The molecule has 10 heteroatoms. The van der Waals surface area contributed by atoms with Crippen molar-refractivity contribution in [1.82, 2.24) is 10.2 Å². The molecule has 2 rings (SSSR count). The van der Waals surface area contributed by atoms with E-state index in [2.05, 4.69) is 5.32 Å². The lowest BCUT2D eigenvalue weighted by Gasteiger charge is -2.30. The number of aryl methyl sites for hydroxylation is 2. The summed E-state index contributed by atoms with van der Waals surface area (Å²) in [7, 11) is -3.56. The zero-order valence-electron chi connectivity index (χ0n) is 20.8. The van der Waals surface area contributed by atoms with E-state index >= 15 is 0 Å². The monoisotopic (exact) mass is 541 g/mol. The van der Waals surface area contributed by atoms with Crippen LogP contribution in [0.3, 0.4) is 0 Å². The molecule has 1 N–H and O–H groups in total. The summed E-state index contributed by atoms with van der Waals surface area (Å²) in [5, 5.41) is 3.54. The lowest BCUT2D eigenvalue weighted by molar-refractivity contribution is -0.140. The van der Waals surface area contributed by atoms with Crippen LogP contribution in [0, 0.1) is 13.8 Å². The van der Waals surface area contributed by atoms with Crippen molar-refractivity contribution in [1.29, 1.82) is 0 Å². The Morgan fingerprint density at radius 3 is 2.29 bits per heavy atom. The molecule has 0 bridgehead atoms. The van der Waals surface area contributed by atoms with E-state index in [1.807, 2.05) is 32.0 Å². The van der Waals surface area contributed by atoms with E-state index in [1.54, 1.807) is 32.0 Å². The smallest absolute Gasteiger partial charge is 0.242 e. The molecular formula is C25H33Cl2N3O4S. The second-order valence-corrected chi connectivity index (χ2v) is 11.2.